The van der Waals surface area contributed by atoms with Crippen molar-refractivity contribution in [1.82, 2.24) is 4.90 Å². The maximum atomic E-state index is 13.4. The zero-order valence-electron chi connectivity index (χ0n) is 24.1. The highest BCUT2D eigenvalue weighted by atomic mass is 19.4. The molecule has 3 aromatic carbocycles. The van der Waals surface area contributed by atoms with Gasteiger partial charge in [-0.15, -0.1) is 0 Å². The highest BCUT2D eigenvalue weighted by Gasteiger charge is 2.71. The van der Waals surface area contributed by atoms with Crippen molar-refractivity contribution in [2.45, 2.75) is 56.6 Å². The van der Waals surface area contributed by atoms with Gasteiger partial charge in [0.1, 0.15) is 11.3 Å². The van der Waals surface area contributed by atoms with Gasteiger partial charge in [0.15, 0.2) is 11.5 Å². The zero-order chi connectivity index (χ0) is 31.8. The second kappa shape index (κ2) is 11.9. The predicted molar refractivity (Wildman–Crippen MR) is 152 cm³/mol. The van der Waals surface area contributed by atoms with E-state index in [-0.39, 0.29) is 18.8 Å². The average Bonchev–Trinajstić information content (AvgIpc) is 3.61. The Kier molecular flexibility index (Phi) is 8.50. The molecular formula is C32H32F6N2O4. The molecule has 236 valence electrons. The number of aliphatic imine (C=N–C) groups is 1. The molecule has 2 heterocycles. The van der Waals surface area contributed by atoms with E-state index in [0.717, 1.165) is 23.9 Å². The summed E-state index contributed by atoms with van der Waals surface area (Å²) in [5.41, 5.74) is -4.26. The SMILES string of the molecule is CCCc1cc(C(O)(C(F)(F)F)C(F)(F)F)ccc1-c1ccc(OCCCN2C=NC(C)(c3ccc4c(c3)OCO4)C2)cc1. The molecule has 1 unspecified atom stereocenters. The van der Waals surface area contributed by atoms with Gasteiger partial charge in [0, 0.05) is 18.7 Å². The van der Waals surface area contributed by atoms with Crippen molar-refractivity contribution >= 4 is 6.34 Å². The third-order valence-corrected chi connectivity index (χ3v) is 7.90. The Morgan fingerprint density at radius 2 is 1.64 bits per heavy atom. The van der Waals surface area contributed by atoms with Gasteiger partial charge in [-0.2, -0.15) is 26.3 Å². The van der Waals surface area contributed by atoms with Crippen LogP contribution < -0.4 is 14.2 Å². The molecule has 3 aromatic rings. The molecule has 0 spiro atoms. The van der Waals surface area contributed by atoms with E-state index in [9.17, 15) is 31.4 Å². The van der Waals surface area contributed by atoms with E-state index in [1.807, 2.05) is 24.5 Å². The number of hydrogen-bond acceptors (Lipinski definition) is 6. The van der Waals surface area contributed by atoms with Crippen LogP contribution in [0.2, 0.25) is 0 Å². The van der Waals surface area contributed by atoms with Crippen molar-refractivity contribution < 1.29 is 45.7 Å². The number of aliphatic hydroxyl groups is 1. The van der Waals surface area contributed by atoms with Gasteiger partial charge in [-0.1, -0.05) is 49.7 Å². The smallest absolute Gasteiger partial charge is 0.430 e. The molecule has 0 radical (unpaired) electrons. The van der Waals surface area contributed by atoms with E-state index < -0.39 is 29.1 Å². The van der Waals surface area contributed by atoms with E-state index in [1.165, 1.54) is 6.07 Å². The molecule has 0 saturated heterocycles. The van der Waals surface area contributed by atoms with Crippen molar-refractivity contribution in [1.29, 1.82) is 0 Å². The molecule has 2 aliphatic rings. The number of halogens is 6. The average molecular weight is 623 g/mol. The molecule has 44 heavy (non-hydrogen) atoms. The summed E-state index contributed by atoms with van der Waals surface area (Å²) in [7, 11) is 0. The number of rotatable bonds is 10. The lowest BCUT2D eigenvalue weighted by atomic mass is 9.87. The minimum Gasteiger partial charge on any atom is -0.494 e. The molecule has 0 aromatic heterocycles. The molecule has 0 aliphatic carbocycles. The Balaban J connectivity index is 1.19. The Bertz CT molecular complexity index is 1490. The standard InChI is InChI=1S/C32H32F6N2O4/c1-3-5-22-16-24(30(41,31(33,34)35)32(36,37)38)8-12-26(22)21-6-10-25(11-7-21)42-15-4-14-40-18-29(2,39-19-40)23-9-13-27-28(17-23)44-20-43-27/h6-13,16-17,19,41H,3-5,14-15,18,20H2,1-2H3. The summed E-state index contributed by atoms with van der Waals surface area (Å²) in [6.07, 6.45) is -8.63. The molecule has 12 heteroatoms. The van der Waals surface area contributed by atoms with Gasteiger partial charge in [0.25, 0.3) is 5.60 Å². The number of fused-ring (bicyclic) bond motifs is 1. The normalized spacial score (nSPS) is 18.2. The van der Waals surface area contributed by atoms with E-state index in [0.29, 0.717) is 54.7 Å². The fraction of sp³-hybridized carbons (Fsp3) is 0.406. The number of benzene rings is 3. The lowest BCUT2D eigenvalue weighted by Crippen LogP contribution is -2.53. The second-order valence-corrected chi connectivity index (χ2v) is 11.1. The lowest BCUT2D eigenvalue weighted by molar-refractivity contribution is -0.376. The van der Waals surface area contributed by atoms with Gasteiger partial charge in [-0.05, 0) is 66.3 Å². The fourth-order valence-corrected chi connectivity index (χ4v) is 5.47. The predicted octanol–water partition coefficient (Wildman–Crippen LogP) is 7.38. The molecule has 1 atom stereocenters. The summed E-state index contributed by atoms with van der Waals surface area (Å²) < 4.78 is 97.3. The van der Waals surface area contributed by atoms with Crippen molar-refractivity contribution in [3.8, 4) is 28.4 Å². The second-order valence-electron chi connectivity index (χ2n) is 11.1. The van der Waals surface area contributed by atoms with E-state index >= 15 is 0 Å². The van der Waals surface area contributed by atoms with Crippen LogP contribution in [0.25, 0.3) is 11.1 Å². The quantitative estimate of drug-likeness (QED) is 0.189. The summed E-state index contributed by atoms with van der Waals surface area (Å²) in [5.74, 6) is 2.01. The van der Waals surface area contributed by atoms with Gasteiger partial charge in [0.05, 0.1) is 12.9 Å². The van der Waals surface area contributed by atoms with Crippen molar-refractivity contribution in [2.75, 3.05) is 26.5 Å². The number of alkyl halides is 6. The number of ether oxygens (including phenoxy) is 3. The highest BCUT2D eigenvalue weighted by Crippen LogP contribution is 2.50. The third-order valence-electron chi connectivity index (χ3n) is 7.90. The van der Waals surface area contributed by atoms with E-state index in [1.54, 1.807) is 31.2 Å². The lowest BCUT2D eigenvalue weighted by Gasteiger charge is -2.33. The van der Waals surface area contributed by atoms with Crippen LogP contribution in [-0.4, -0.2) is 55.2 Å². The van der Waals surface area contributed by atoms with Crippen molar-refractivity contribution in [2.24, 2.45) is 4.99 Å². The highest BCUT2D eigenvalue weighted by molar-refractivity contribution is 5.69. The minimum atomic E-state index is -5.94. The first-order valence-electron chi connectivity index (χ1n) is 14.2. The molecule has 2 aliphatic heterocycles. The van der Waals surface area contributed by atoms with E-state index in [4.69, 9.17) is 19.2 Å². The van der Waals surface area contributed by atoms with Crippen LogP contribution in [0.5, 0.6) is 17.2 Å². The number of hydrogen-bond donors (Lipinski definition) is 1. The van der Waals surface area contributed by atoms with E-state index in [2.05, 4.69) is 11.8 Å². The maximum absolute atomic E-state index is 13.4. The Hall–Kier alpha value is -3.93. The molecule has 5 rings (SSSR count). The molecule has 0 saturated carbocycles. The summed E-state index contributed by atoms with van der Waals surface area (Å²) in [6, 6.07) is 15.3. The van der Waals surface area contributed by atoms with Crippen LogP contribution in [-0.2, 0) is 17.6 Å². The molecular weight excluding hydrogens is 590 g/mol. The van der Waals surface area contributed by atoms with Gasteiger partial charge in [-0.3, -0.25) is 4.99 Å². The van der Waals surface area contributed by atoms with Gasteiger partial charge >= 0.3 is 12.4 Å². The van der Waals surface area contributed by atoms with Crippen LogP contribution >= 0.6 is 0 Å². The topological polar surface area (TPSA) is 63.5 Å². The largest absolute Gasteiger partial charge is 0.494 e. The Morgan fingerprint density at radius 3 is 2.32 bits per heavy atom. The molecule has 0 amide bonds. The van der Waals surface area contributed by atoms with Crippen LogP contribution in [0.1, 0.15) is 43.4 Å². The summed E-state index contributed by atoms with van der Waals surface area (Å²) in [6.45, 7) is 5.88. The first-order valence-corrected chi connectivity index (χ1v) is 14.2. The first-order chi connectivity index (χ1) is 20.7. The molecule has 1 N–H and O–H groups in total. The van der Waals surface area contributed by atoms with Crippen LogP contribution in [0.3, 0.4) is 0 Å². The third kappa shape index (κ3) is 6.04. The monoisotopic (exact) mass is 622 g/mol. The number of aryl methyl sites for hydroxylation is 1. The zero-order valence-corrected chi connectivity index (χ0v) is 24.1. The first kappa shape index (κ1) is 31.5. The van der Waals surface area contributed by atoms with Crippen LogP contribution in [0.4, 0.5) is 26.3 Å². The van der Waals surface area contributed by atoms with Crippen LogP contribution in [0.15, 0.2) is 65.7 Å². The van der Waals surface area contributed by atoms with Crippen LogP contribution in [0, 0.1) is 0 Å². The summed E-state index contributed by atoms with van der Waals surface area (Å²) in [4.78, 5) is 6.84. The fourth-order valence-electron chi connectivity index (χ4n) is 5.47. The van der Waals surface area contributed by atoms with Crippen molar-refractivity contribution in [3.63, 3.8) is 0 Å². The molecule has 0 bridgehead atoms. The minimum absolute atomic E-state index is 0.211. The van der Waals surface area contributed by atoms with Gasteiger partial charge < -0.3 is 24.2 Å². The summed E-state index contributed by atoms with van der Waals surface area (Å²) >= 11 is 0. The molecule has 6 nitrogen and oxygen atoms in total. The Labute approximate surface area is 250 Å². The maximum Gasteiger partial charge on any atom is 0.430 e. The Morgan fingerprint density at radius 1 is 0.932 bits per heavy atom. The summed E-state index contributed by atoms with van der Waals surface area (Å²) in [5, 5.41) is 9.84. The molecule has 0 fully saturated rings. The number of nitrogens with zero attached hydrogens (tertiary/aromatic N) is 2. The van der Waals surface area contributed by atoms with Gasteiger partial charge in [-0.25, -0.2) is 0 Å². The van der Waals surface area contributed by atoms with Gasteiger partial charge in [0.2, 0.25) is 6.79 Å². The van der Waals surface area contributed by atoms with Crippen molar-refractivity contribution in [3.05, 3.63) is 77.4 Å².